The second-order valence-electron chi connectivity index (χ2n) is 6.04. The molecule has 0 aliphatic carbocycles. The molecule has 0 radical (unpaired) electrons. The smallest absolute Gasteiger partial charge is 0.253 e. The van der Waals surface area contributed by atoms with E-state index in [4.69, 9.17) is 0 Å². The van der Waals surface area contributed by atoms with Crippen LogP contribution in [0, 0.1) is 6.92 Å². The van der Waals surface area contributed by atoms with E-state index in [2.05, 4.69) is 4.98 Å². The maximum absolute atomic E-state index is 12.6. The highest BCUT2D eigenvalue weighted by molar-refractivity contribution is 7.09. The number of thiazole rings is 1. The van der Waals surface area contributed by atoms with Crippen molar-refractivity contribution in [2.24, 2.45) is 0 Å². The van der Waals surface area contributed by atoms with Gasteiger partial charge in [-0.05, 0) is 25.5 Å². The van der Waals surface area contributed by atoms with Crippen LogP contribution >= 0.6 is 11.3 Å². The molecule has 1 aliphatic heterocycles. The van der Waals surface area contributed by atoms with E-state index in [1.54, 1.807) is 23.3 Å². The Bertz CT molecular complexity index is 756. The molecule has 2 heterocycles. The molecule has 5 nitrogen and oxygen atoms in total. The molecule has 3 rings (SSSR count). The van der Waals surface area contributed by atoms with Gasteiger partial charge in [0.2, 0.25) is 5.91 Å². The summed E-state index contributed by atoms with van der Waals surface area (Å²) in [7, 11) is 1.78. The van der Waals surface area contributed by atoms with Crippen LogP contribution in [0.2, 0.25) is 0 Å². The standard InChI is InChI=1S/C18H21N3O2S/c1-13-19-16(12-24-13)14-5-3-6-15(11-14)18(23)20(2)9-10-21-8-4-7-17(21)22/h3,5-6,11-12H,4,7-10H2,1-2H3. The van der Waals surface area contributed by atoms with E-state index in [0.717, 1.165) is 29.2 Å². The zero-order valence-corrected chi connectivity index (χ0v) is 14.8. The normalized spacial score (nSPS) is 14.2. The van der Waals surface area contributed by atoms with Crippen molar-refractivity contribution in [3.63, 3.8) is 0 Å². The largest absolute Gasteiger partial charge is 0.341 e. The number of hydrogen-bond acceptors (Lipinski definition) is 4. The maximum atomic E-state index is 12.6. The Morgan fingerprint density at radius 1 is 1.42 bits per heavy atom. The Morgan fingerprint density at radius 3 is 2.92 bits per heavy atom. The van der Waals surface area contributed by atoms with E-state index in [1.807, 2.05) is 41.5 Å². The van der Waals surface area contributed by atoms with Gasteiger partial charge >= 0.3 is 0 Å². The van der Waals surface area contributed by atoms with Crippen molar-refractivity contribution < 1.29 is 9.59 Å². The second-order valence-corrected chi connectivity index (χ2v) is 7.11. The zero-order valence-electron chi connectivity index (χ0n) is 14.0. The summed E-state index contributed by atoms with van der Waals surface area (Å²) >= 11 is 1.60. The van der Waals surface area contributed by atoms with Gasteiger partial charge in [0.25, 0.3) is 5.91 Å². The minimum absolute atomic E-state index is 0.0320. The van der Waals surface area contributed by atoms with Gasteiger partial charge in [-0.2, -0.15) is 0 Å². The summed E-state index contributed by atoms with van der Waals surface area (Å²) in [4.78, 5) is 32.3. The topological polar surface area (TPSA) is 53.5 Å². The molecule has 1 saturated heterocycles. The number of rotatable bonds is 5. The van der Waals surface area contributed by atoms with Gasteiger partial charge in [0.15, 0.2) is 0 Å². The predicted octanol–water partition coefficient (Wildman–Crippen LogP) is 2.81. The molecule has 1 aromatic carbocycles. The first-order chi connectivity index (χ1) is 11.5. The number of amides is 2. The molecule has 0 N–H and O–H groups in total. The van der Waals surface area contributed by atoms with E-state index in [0.29, 0.717) is 25.1 Å². The fourth-order valence-corrected chi connectivity index (χ4v) is 3.46. The Kier molecular flexibility index (Phi) is 4.94. The highest BCUT2D eigenvalue weighted by Gasteiger charge is 2.21. The Balaban J connectivity index is 1.66. The number of benzene rings is 1. The number of carbonyl (C=O) groups is 2. The van der Waals surface area contributed by atoms with Gasteiger partial charge in [-0.3, -0.25) is 9.59 Å². The van der Waals surface area contributed by atoms with Crippen molar-refractivity contribution in [2.45, 2.75) is 19.8 Å². The molecule has 1 aliphatic rings. The molecule has 6 heteroatoms. The van der Waals surface area contributed by atoms with Crippen molar-refractivity contribution in [1.29, 1.82) is 0 Å². The van der Waals surface area contributed by atoms with Gasteiger partial charge in [-0.15, -0.1) is 11.3 Å². The van der Waals surface area contributed by atoms with Crippen molar-refractivity contribution in [3.8, 4) is 11.3 Å². The van der Waals surface area contributed by atoms with Gasteiger partial charge in [-0.25, -0.2) is 4.98 Å². The van der Waals surface area contributed by atoms with Crippen LogP contribution in [-0.4, -0.2) is 53.3 Å². The van der Waals surface area contributed by atoms with E-state index in [-0.39, 0.29) is 11.8 Å². The van der Waals surface area contributed by atoms with Crippen LogP contribution in [-0.2, 0) is 4.79 Å². The number of nitrogens with zero attached hydrogens (tertiary/aromatic N) is 3. The summed E-state index contributed by atoms with van der Waals surface area (Å²) in [5, 5.41) is 3.01. The van der Waals surface area contributed by atoms with Gasteiger partial charge in [0.1, 0.15) is 0 Å². The minimum Gasteiger partial charge on any atom is -0.341 e. The number of likely N-dealkylation sites (tertiary alicyclic amines) is 1. The molecule has 1 fully saturated rings. The van der Waals surface area contributed by atoms with Crippen LogP contribution in [0.15, 0.2) is 29.6 Å². The van der Waals surface area contributed by atoms with E-state index in [1.165, 1.54) is 0 Å². The monoisotopic (exact) mass is 343 g/mol. The lowest BCUT2D eigenvalue weighted by atomic mass is 10.1. The first-order valence-electron chi connectivity index (χ1n) is 8.10. The summed E-state index contributed by atoms with van der Waals surface area (Å²) < 4.78 is 0. The van der Waals surface area contributed by atoms with Crippen LogP contribution in [0.4, 0.5) is 0 Å². The predicted molar refractivity (Wildman–Crippen MR) is 95.1 cm³/mol. The molecule has 2 amide bonds. The quantitative estimate of drug-likeness (QED) is 0.839. The van der Waals surface area contributed by atoms with Crippen molar-refractivity contribution in [3.05, 3.63) is 40.2 Å². The summed E-state index contributed by atoms with van der Waals surface area (Å²) in [6, 6.07) is 7.56. The number of aromatic nitrogens is 1. The molecule has 0 unspecified atom stereocenters. The SMILES string of the molecule is Cc1nc(-c2cccc(C(=O)N(C)CCN3CCCC3=O)c2)cs1. The van der Waals surface area contributed by atoms with E-state index in [9.17, 15) is 9.59 Å². The van der Waals surface area contributed by atoms with Gasteiger partial charge in [-0.1, -0.05) is 12.1 Å². The molecule has 24 heavy (non-hydrogen) atoms. The maximum Gasteiger partial charge on any atom is 0.253 e. The molecule has 0 spiro atoms. The molecule has 126 valence electrons. The summed E-state index contributed by atoms with van der Waals surface area (Å²) in [6.07, 6.45) is 1.55. The Labute approximate surface area is 145 Å². The van der Waals surface area contributed by atoms with Crippen molar-refractivity contribution >= 4 is 23.2 Å². The molecule has 0 saturated carbocycles. The van der Waals surface area contributed by atoms with Crippen molar-refractivity contribution in [2.75, 3.05) is 26.7 Å². The van der Waals surface area contributed by atoms with Gasteiger partial charge in [0.05, 0.1) is 10.7 Å². The number of aryl methyl sites for hydroxylation is 1. The van der Waals surface area contributed by atoms with Crippen LogP contribution in [0.5, 0.6) is 0 Å². The molecule has 1 aromatic heterocycles. The molecule has 0 atom stereocenters. The Morgan fingerprint density at radius 2 is 2.25 bits per heavy atom. The lowest BCUT2D eigenvalue weighted by Gasteiger charge is -2.22. The first-order valence-corrected chi connectivity index (χ1v) is 8.98. The van der Waals surface area contributed by atoms with Crippen LogP contribution in [0.1, 0.15) is 28.2 Å². The van der Waals surface area contributed by atoms with Crippen LogP contribution in [0.25, 0.3) is 11.3 Å². The third-order valence-corrected chi connectivity index (χ3v) is 5.02. The highest BCUT2D eigenvalue weighted by atomic mass is 32.1. The van der Waals surface area contributed by atoms with E-state index < -0.39 is 0 Å². The third-order valence-electron chi connectivity index (χ3n) is 4.25. The number of likely N-dealkylation sites (N-methyl/N-ethyl adjacent to an activating group) is 1. The highest BCUT2D eigenvalue weighted by Crippen LogP contribution is 2.22. The van der Waals surface area contributed by atoms with Crippen LogP contribution < -0.4 is 0 Å². The molecular formula is C18H21N3O2S. The fourth-order valence-electron chi connectivity index (χ4n) is 2.84. The lowest BCUT2D eigenvalue weighted by Crippen LogP contribution is -2.36. The minimum atomic E-state index is -0.0320. The fraction of sp³-hybridized carbons (Fsp3) is 0.389. The van der Waals surface area contributed by atoms with Gasteiger partial charge < -0.3 is 9.80 Å². The van der Waals surface area contributed by atoms with Crippen LogP contribution in [0.3, 0.4) is 0 Å². The molecule has 0 bridgehead atoms. The number of hydrogen-bond donors (Lipinski definition) is 0. The second kappa shape index (κ2) is 7.13. The molecular weight excluding hydrogens is 322 g/mol. The lowest BCUT2D eigenvalue weighted by molar-refractivity contribution is -0.127. The average molecular weight is 343 g/mol. The van der Waals surface area contributed by atoms with Gasteiger partial charge in [0, 0.05) is 49.6 Å². The Hall–Kier alpha value is -2.21. The summed E-state index contributed by atoms with van der Waals surface area (Å²) in [5.74, 6) is 0.159. The number of carbonyl (C=O) groups excluding carboxylic acids is 2. The van der Waals surface area contributed by atoms with E-state index >= 15 is 0 Å². The van der Waals surface area contributed by atoms with Crippen molar-refractivity contribution in [1.82, 2.24) is 14.8 Å². The third kappa shape index (κ3) is 3.64. The average Bonchev–Trinajstić information content (AvgIpc) is 3.20. The summed E-state index contributed by atoms with van der Waals surface area (Å²) in [5.41, 5.74) is 2.50. The zero-order chi connectivity index (χ0) is 17.1. The summed E-state index contributed by atoms with van der Waals surface area (Å²) in [6.45, 7) is 3.92. The first kappa shape index (κ1) is 16.6. The molecule has 2 aromatic rings.